The maximum absolute atomic E-state index is 12.3. The van der Waals surface area contributed by atoms with Gasteiger partial charge in [-0.15, -0.1) is 0 Å². The maximum atomic E-state index is 12.3. The third-order valence-corrected chi connectivity index (χ3v) is 5.31. The fourth-order valence-electron chi connectivity index (χ4n) is 3.35. The van der Waals surface area contributed by atoms with Gasteiger partial charge < -0.3 is 4.74 Å². The number of benzene rings is 1. The lowest BCUT2D eigenvalue weighted by Gasteiger charge is -2.33. The van der Waals surface area contributed by atoms with Gasteiger partial charge in [0.05, 0.1) is 13.0 Å². The van der Waals surface area contributed by atoms with Gasteiger partial charge in [-0.1, -0.05) is 78.1 Å². The van der Waals surface area contributed by atoms with Crippen LogP contribution in [0, 0.1) is 5.92 Å². The van der Waals surface area contributed by atoms with Gasteiger partial charge in [-0.3, -0.25) is 9.59 Å². The summed E-state index contributed by atoms with van der Waals surface area (Å²) in [5.41, 5.74) is 1.94. The van der Waals surface area contributed by atoms with Crippen LogP contribution in [0.25, 0.3) is 0 Å². The standard InChI is InChI=1S/C23H36O3/c1-7-8-9-10-15-26-22(25)16-21(18(4)24)23(5,6)20-13-11-19(12-14-20)17(2)3/h11-14,17,21H,7-10,15-16H2,1-6H3. The smallest absolute Gasteiger partial charge is 0.306 e. The Labute approximate surface area is 159 Å². The molecule has 3 heteroatoms. The molecule has 0 bridgehead atoms. The summed E-state index contributed by atoms with van der Waals surface area (Å²) in [7, 11) is 0. The van der Waals surface area contributed by atoms with E-state index in [0.29, 0.717) is 12.5 Å². The van der Waals surface area contributed by atoms with E-state index in [4.69, 9.17) is 4.74 Å². The first-order chi connectivity index (χ1) is 12.2. The maximum Gasteiger partial charge on any atom is 0.306 e. The molecule has 146 valence electrons. The number of ether oxygens (including phenoxy) is 1. The summed E-state index contributed by atoms with van der Waals surface area (Å²) in [5, 5.41) is 0. The normalized spacial score (nSPS) is 12.9. The number of rotatable bonds is 11. The Morgan fingerprint density at radius 1 is 1.04 bits per heavy atom. The summed E-state index contributed by atoms with van der Waals surface area (Å²) in [6.07, 6.45) is 4.43. The van der Waals surface area contributed by atoms with Crippen molar-refractivity contribution in [3.8, 4) is 0 Å². The van der Waals surface area contributed by atoms with Gasteiger partial charge in [0.1, 0.15) is 5.78 Å². The fraction of sp³-hybridized carbons (Fsp3) is 0.652. The molecule has 1 aromatic rings. The molecule has 1 atom stereocenters. The predicted molar refractivity (Wildman–Crippen MR) is 107 cm³/mol. The lowest BCUT2D eigenvalue weighted by Crippen LogP contribution is -2.35. The van der Waals surface area contributed by atoms with Crippen LogP contribution in [-0.4, -0.2) is 18.4 Å². The van der Waals surface area contributed by atoms with Crippen LogP contribution in [0.2, 0.25) is 0 Å². The van der Waals surface area contributed by atoms with E-state index >= 15 is 0 Å². The summed E-state index contributed by atoms with van der Waals surface area (Å²) >= 11 is 0. The molecule has 0 fully saturated rings. The van der Waals surface area contributed by atoms with Crippen molar-refractivity contribution in [2.75, 3.05) is 6.61 Å². The van der Waals surface area contributed by atoms with E-state index in [1.54, 1.807) is 6.92 Å². The van der Waals surface area contributed by atoms with Gasteiger partial charge in [0.2, 0.25) is 0 Å². The number of hydrogen-bond acceptors (Lipinski definition) is 3. The molecular formula is C23H36O3. The lowest BCUT2D eigenvalue weighted by atomic mass is 9.70. The second-order valence-electron chi connectivity index (χ2n) is 8.15. The van der Waals surface area contributed by atoms with Gasteiger partial charge >= 0.3 is 5.97 Å². The quantitative estimate of drug-likeness (QED) is 0.369. The van der Waals surface area contributed by atoms with Crippen LogP contribution >= 0.6 is 0 Å². The summed E-state index contributed by atoms with van der Waals surface area (Å²) in [6.45, 7) is 12.6. The minimum Gasteiger partial charge on any atom is -0.466 e. The largest absolute Gasteiger partial charge is 0.466 e. The van der Waals surface area contributed by atoms with Crippen LogP contribution in [0.4, 0.5) is 0 Å². The van der Waals surface area contributed by atoms with Crippen molar-refractivity contribution in [3.63, 3.8) is 0 Å². The molecule has 1 aromatic carbocycles. The van der Waals surface area contributed by atoms with E-state index in [0.717, 1.165) is 31.2 Å². The van der Waals surface area contributed by atoms with Crippen LogP contribution in [-0.2, 0) is 19.7 Å². The van der Waals surface area contributed by atoms with E-state index in [1.807, 2.05) is 13.8 Å². The van der Waals surface area contributed by atoms with E-state index in [1.165, 1.54) is 5.56 Å². The number of unbranched alkanes of at least 4 members (excludes halogenated alkanes) is 3. The van der Waals surface area contributed by atoms with Crippen LogP contribution in [0.15, 0.2) is 24.3 Å². The van der Waals surface area contributed by atoms with Crippen molar-refractivity contribution in [1.82, 2.24) is 0 Å². The minimum atomic E-state index is -0.414. The molecule has 0 saturated carbocycles. The summed E-state index contributed by atoms with van der Waals surface area (Å²) < 4.78 is 5.36. The molecule has 0 radical (unpaired) electrons. The van der Waals surface area contributed by atoms with Gasteiger partial charge in [-0.05, 0) is 35.8 Å². The van der Waals surface area contributed by atoms with Gasteiger partial charge in [0, 0.05) is 5.92 Å². The second-order valence-corrected chi connectivity index (χ2v) is 8.15. The molecule has 26 heavy (non-hydrogen) atoms. The fourth-order valence-corrected chi connectivity index (χ4v) is 3.35. The Kier molecular flexibility index (Phi) is 9.04. The van der Waals surface area contributed by atoms with Crippen molar-refractivity contribution >= 4 is 11.8 Å². The monoisotopic (exact) mass is 360 g/mol. The van der Waals surface area contributed by atoms with Crippen molar-refractivity contribution in [2.24, 2.45) is 5.92 Å². The Hall–Kier alpha value is -1.64. The van der Waals surface area contributed by atoms with Gasteiger partial charge in [0.25, 0.3) is 0 Å². The van der Waals surface area contributed by atoms with Crippen molar-refractivity contribution < 1.29 is 14.3 Å². The molecule has 0 aliphatic rings. The number of carbonyl (C=O) groups excluding carboxylic acids is 2. The van der Waals surface area contributed by atoms with E-state index in [2.05, 4.69) is 45.0 Å². The van der Waals surface area contributed by atoms with Crippen LogP contribution < -0.4 is 0 Å². The molecule has 0 heterocycles. The molecule has 0 saturated heterocycles. The molecule has 0 aliphatic carbocycles. The van der Waals surface area contributed by atoms with Gasteiger partial charge in [0.15, 0.2) is 0 Å². The predicted octanol–water partition coefficient (Wildman–Crippen LogP) is 5.81. The van der Waals surface area contributed by atoms with E-state index in [9.17, 15) is 9.59 Å². The molecule has 0 aliphatic heterocycles. The van der Waals surface area contributed by atoms with Gasteiger partial charge in [-0.2, -0.15) is 0 Å². The Morgan fingerprint density at radius 3 is 2.15 bits per heavy atom. The highest BCUT2D eigenvalue weighted by atomic mass is 16.5. The molecule has 0 aromatic heterocycles. The minimum absolute atomic E-state index is 0.0332. The zero-order valence-corrected chi connectivity index (χ0v) is 17.4. The zero-order chi connectivity index (χ0) is 19.7. The number of Topliss-reactive ketones (excluding diaryl/α,β-unsaturated/α-hetero) is 1. The second kappa shape index (κ2) is 10.5. The average Bonchev–Trinajstić information content (AvgIpc) is 2.59. The zero-order valence-electron chi connectivity index (χ0n) is 17.4. The number of carbonyl (C=O) groups is 2. The third-order valence-electron chi connectivity index (χ3n) is 5.31. The highest BCUT2D eigenvalue weighted by Gasteiger charge is 2.36. The summed E-state index contributed by atoms with van der Waals surface area (Å²) in [6, 6.07) is 8.40. The number of ketones is 1. The SMILES string of the molecule is CCCCCCOC(=O)CC(C(C)=O)C(C)(C)c1ccc(C(C)C)cc1. The van der Waals surface area contributed by atoms with Gasteiger partial charge in [-0.25, -0.2) is 0 Å². The molecule has 0 amide bonds. The third kappa shape index (κ3) is 6.59. The molecule has 0 spiro atoms. The first-order valence-corrected chi connectivity index (χ1v) is 9.96. The van der Waals surface area contributed by atoms with Crippen LogP contribution in [0.3, 0.4) is 0 Å². The molecule has 1 rings (SSSR count). The Morgan fingerprint density at radius 2 is 1.65 bits per heavy atom. The van der Waals surface area contributed by atoms with E-state index < -0.39 is 5.41 Å². The van der Waals surface area contributed by atoms with Crippen LogP contribution in [0.1, 0.15) is 90.7 Å². The summed E-state index contributed by atoms with van der Waals surface area (Å²) in [5.74, 6) is -0.145. The van der Waals surface area contributed by atoms with Crippen molar-refractivity contribution in [3.05, 3.63) is 35.4 Å². The highest BCUT2D eigenvalue weighted by molar-refractivity contribution is 5.85. The lowest BCUT2D eigenvalue weighted by molar-refractivity contribution is -0.147. The first-order valence-electron chi connectivity index (χ1n) is 9.96. The van der Waals surface area contributed by atoms with Crippen molar-refractivity contribution in [1.29, 1.82) is 0 Å². The number of hydrogen-bond donors (Lipinski definition) is 0. The summed E-state index contributed by atoms with van der Waals surface area (Å²) in [4.78, 5) is 24.5. The Balaban J connectivity index is 2.77. The molecule has 0 N–H and O–H groups in total. The topological polar surface area (TPSA) is 43.4 Å². The molecule has 1 unspecified atom stereocenters. The molecule has 3 nitrogen and oxygen atoms in total. The van der Waals surface area contributed by atoms with Crippen LogP contribution in [0.5, 0.6) is 0 Å². The highest BCUT2D eigenvalue weighted by Crippen LogP contribution is 2.35. The first kappa shape index (κ1) is 22.4. The molecular weight excluding hydrogens is 324 g/mol. The average molecular weight is 361 g/mol. The Bertz CT molecular complexity index is 570. The van der Waals surface area contributed by atoms with E-state index in [-0.39, 0.29) is 24.1 Å². The van der Waals surface area contributed by atoms with Crippen molar-refractivity contribution in [2.45, 2.75) is 85.0 Å². The number of esters is 1.